The largest absolute Gasteiger partial charge is 0.324 e. The molecular formula is C22H29N3O3S2. The van der Waals surface area contributed by atoms with Crippen LogP contribution in [0.25, 0.3) is 0 Å². The smallest absolute Gasteiger partial charge is 0.321 e. The standard InChI is InChI=1S/C22H29N3O3S2/c1-16-13-18(3)19(14-17(16)2)23-21(26)24-9-6-22(15-24)7-10-25(11-8-22)30(27,28)20-5-4-12-29-20/h4-5,12-14H,6-11,15H2,1-3H3,(H,23,26). The van der Waals surface area contributed by atoms with Crippen LogP contribution >= 0.6 is 11.3 Å². The number of thiophene rings is 1. The van der Waals surface area contributed by atoms with Crippen LogP contribution in [0, 0.1) is 26.2 Å². The number of likely N-dealkylation sites (tertiary alicyclic amines) is 1. The van der Waals surface area contributed by atoms with Gasteiger partial charge in [-0.2, -0.15) is 4.31 Å². The van der Waals surface area contributed by atoms with Gasteiger partial charge in [0, 0.05) is 31.9 Å². The molecule has 1 aromatic carbocycles. The number of hydrogen-bond donors (Lipinski definition) is 1. The van der Waals surface area contributed by atoms with E-state index in [1.165, 1.54) is 16.9 Å². The van der Waals surface area contributed by atoms with Crippen molar-refractivity contribution >= 4 is 33.1 Å². The Hall–Kier alpha value is -1.90. The van der Waals surface area contributed by atoms with Crippen molar-refractivity contribution in [3.05, 3.63) is 46.3 Å². The third kappa shape index (κ3) is 4.00. The van der Waals surface area contributed by atoms with Crippen LogP contribution in [0.4, 0.5) is 10.5 Å². The molecule has 2 aliphatic rings. The normalized spacial score (nSPS) is 19.4. The van der Waals surface area contributed by atoms with Crippen LogP contribution in [0.1, 0.15) is 36.0 Å². The summed E-state index contributed by atoms with van der Waals surface area (Å²) < 4.78 is 27.6. The molecule has 1 spiro atoms. The average molecular weight is 448 g/mol. The van der Waals surface area contributed by atoms with Gasteiger partial charge in [-0.05, 0) is 79.7 Å². The van der Waals surface area contributed by atoms with Crippen molar-refractivity contribution in [3.63, 3.8) is 0 Å². The van der Waals surface area contributed by atoms with Gasteiger partial charge in [-0.25, -0.2) is 13.2 Å². The van der Waals surface area contributed by atoms with Crippen LogP contribution < -0.4 is 5.32 Å². The van der Waals surface area contributed by atoms with Crippen molar-refractivity contribution in [2.75, 3.05) is 31.5 Å². The molecule has 162 valence electrons. The van der Waals surface area contributed by atoms with E-state index in [1.807, 2.05) is 24.8 Å². The fraction of sp³-hybridized carbons (Fsp3) is 0.500. The maximum atomic E-state index is 12.9. The van der Waals surface area contributed by atoms with E-state index in [0.717, 1.165) is 36.1 Å². The van der Waals surface area contributed by atoms with E-state index in [-0.39, 0.29) is 11.4 Å². The fourth-order valence-electron chi connectivity index (χ4n) is 4.54. The monoisotopic (exact) mass is 447 g/mol. The van der Waals surface area contributed by atoms with Gasteiger partial charge in [0.15, 0.2) is 0 Å². The first-order valence-corrected chi connectivity index (χ1v) is 12.7. The number of aryl methyl sites for hydroxylation is 3. The summed E-state index contributed by atoms with van der Waals surface area (Å²) in [6.45, 7) is 8.58. The van der Waals surface area contributed by atoms with Crippen LogP contribution in [-0.2, 0) is 10.0 Å². The highest BCUT2D eigenvalue weighted by Crippen LogP contribution is 2.42. The first-order valence-electron chi connectivity index (χ1n) is 10.4. The molecule has 0 unspecified atom stereocenters. The Labute approximate surface area is 182 Å². The van der Waals surface area contributed by atoms with Crippen molar-refractivity contribution in [1.82, 2.24) is 9.21 Å². The molecule has 30 heavy (non-hydrogen) atoms. The molecule has 2 aromatic rings. The number of nitrogens with zero attached hydrogens (tertiary/aromatic N) is 2. The molecular weight excluding hydrogens is 418 g/mol. The lowest BCUT2D eigenvalue weighted by atomic mass is 9.78. The van der Waals surface area contributed by atoms with Gasteiger partial charge in [0.05, 0.1) is 0 Å². The quantitative estimate of drug-likeness (QED) is 0.759. The molecule has 1 aromatic heterocycles. The maximum absolute atomic E-state index is 12.9. The first-order chi connectivity index (χ1) is 14.2. The highest BCUT2D eigenvalue weighted by molar-refractivity contribution is 7.91. The molecule has 2 amide bonds. The molecule has 1 N–H and O–H groups in total. The van der Waals surface area contributed by atoms with Crippen LogP contribution in [0.2, 0.25) is 0 Å². The summed E-state index contributed by atoms with van der Waals surface area (Å²) in [7, 11) is -3.39. The molecule has 6 nitrogen and oxygen atoms in total. The number of sulfonamides is 1. The number of carbonyl (C=O) groups excluding carboxylic acids is 1. The molecule has 8 heteroatoms. The van der Waals surface area contributed by atoms with Gasteiger partial charge in [-0.15, -0.1) is 11.3 Å². The Kier molecular flexibility index (Phi) is 5.67. The summed E-state index contributed by atoms with van der Waals surface area (Å²) in [6, 6.07) is 7.50. The Bertz CT molecular complexity index is 1040. The number of amides is 2. The molecule has 2 fully saturated rings. The van der Waals surface area contributed by atoms with Gasteiger partial charge in [0.25, 0.3) is 10.0 Å². The molecule has 0 atom stereocenters. The molecule has 3 heterocycles. The zero-order valence-electron chi connectivity index (χ0n) is 17.8. The van der Waals surface area contributed by atoms with E-state index >= 15 is 0 Å². The van der Waals surface area contributed by atoms with Crippen molar-refractivity contribution < 1.29 is 13.2 Å². The number of anilines is 1. The van der Waals surface area contributed by atoms with E-state index < -0.39 is 10.0 Å². The third-order valence-electron chi connectivity index (χ3n) is 6.68. The second kappa shape index (κ2) is 7.98. The van der Waals surface area contributed by atoms with Crippen LogP contribution in [0.5, 0.6) is 0 Å². The Morgan fingerprint density at radius 3 is 2.37 bits per heavy atom. The van der Waals surface area contributed by atoms with E-state index in [9.17, 15) is 13.2 Å². The lowest BCUT2D eigenvalue weighted by Gasteiger charge is -2.38. The minimum absolute atomic E-state index is 0.0248. The number of piperidine rings is 1. The average Bonchev–Trinajstić information content (AvgIpc) is 3.38. The van der Waals surface area contributed by atoms with Crippen molar-refractivity contribution in [1.29, 1.82) is 0 Å². The molecule has 0 aliphatic carbocycles. The Morgan fingerprint density at radius 2 is 1.70 bits per heavy atom. The molecule has 0 bridgehead atoms. The molecule has 4 rings (SSSR count). The van der Waals surface area contributed by atoms with Crippen LogP contribution in [-0.4, -0.2) is 49.8 Å². The SMILES string of the molecule is Cc1cc(C)c(NC(=O)N2CCC3(CCN(S(=O)(=O)c4cccs4)CC3)C2)cc1C. The van der Waals surface area contributed by atoms with Crippen LogP contribution in [0.3, 0.4) is 0 Å². The van der Waals surface area contributed by atoms with Crippen molar-refractivity contribution in [3.8, 4) is 0 Å². The number of urea groups is 1. The van der Waals surface area contributed by atoms with E-state index in [4.69, 9.17) is 0 Å². The summed E-state index contributed by atoms with van der Waals surface area (Å²) in [6.07, 6.45) is 2.52. The van der Waals surface area contributed by atoms with Gasteiger partial charge < -0.3 is 10.2 Å². The minimum Gasteiger partial charge on any atom is -0.324 e. The topological polar surface area (TPSA) is 69.7 Å². The van der Waals surface area contributed by atoms with Gasteiger partial charge in [0.2, 0.25) is 0 Å². The number of carbonyl (C=O) groups is 1. The number of rotatable bonds is 3. The second-order valence-electron chi connectivity index (χ2n) is 8.69. The van der Waals surface area contributed by atoms with Crippen LogP contribution in [0.15, 0.2) is 33.9 Å². The molecule has 2 aliphatic heterocycles. The summed E-state index contributed by atoms with van der Waals surface area (Å²) in [5, 5.41) is 4.87. The second-order valence-corrected chi connectivity index (χ2v) is 11.8. The number of nitrogens with one attached hydrogen (secondary N) is 1. The van der Waals surface area contributed by atoms with Gasteiger partial charge in [0.1, 0.15) is 4.21 Å². The zero-order valence-corrected chi connectivity index (χ0v) is 19.4. The van der Waals surface area contributed by atoms with Gasteiger partial charge >= 0.3 is 6.03 Å². The Morgan fingerprint density at radius 1 is 1.03 bits per heavy atom. The highest BCUT2D eigenvalue weighted by Gasteiger charge is 2.44. The summed E-state index contributed by atoms with van der Waals surface area (Å²) in [4.78, 5) is 14.8. The lowest BCUT2D eigenvalue weighted by molar-refractivity contribution is 0.158. The maximum Gasteiger partial charge on any atom is 0.321 e. The summed E-state index contributed by atoms with van der Waals surface area (Å²) >= 11 is 1.26. The third-order valence-corrected chi connectivity index (χ3v) is 9.95. The molecule has 0 saturated carbocycles. The molecule has 2 saturated heterocycles. The van der Waals surface area contributed by atoms with Gasteiger partial charge in [-0.3, -0.25) is 0 Å². The van der Waals surface area contributed by atoms with E-state index in [1.54, 1.807) is 21.8 Å². The van der Waals surface area contributed by atoms with E-state index in [0.29, 0.717) is 30.4 Å². The summed E-state index contributed by atoms with van der Waals surface area (Å²) in [5.74, 6) is 0. The number of benzene rings is 1. The predicted molar refractivity (Wildman–Crippen MR) is 121 cm³/mol. The zero-order chi connectivity index (χ0) is 21.5. The Balaban J connectivity index is 1.38. The van der Waals surface area contributed by atoms with Crippen molar-refractivity contribution in [2.45, 2.75) is 44.2 Å². The van der Waals surface area contributed by atoms with E-state index in [2.05, 4.69) is 18.3 Å². The molecule has 0 radical (unpaired) electrons. The summed E-state index contributed by atoms with van der Waals surface area (Å²) in [5.41, 5.74) is 4.33. The fourth-order valence-corrected chi connectivity index (χ4v) is 7.13. The highest BCUT2D eigenvalue weighted by atomic mass is 32.2. The first kappa shape index (κ1) is 21.3. The predicted octanol–water partition coefficient (Wildman–Crippen LogP) is 4.38. The van der Waals surface area contributed by atoms with Gasteiger partial charge in [-0.1, -0.05) is 12.1 Å². The van der Waals surface area contributed by atoms with Crippen molar-refractivity contribution in [2.24, 2.45) is 5.41 Å². The number of hydrogen-bond acceptors (Lipinski definition) is 4. The minimum atomic E-state index is -3.39. The lowest BCUT2D eigenvalue weighted by Crippen LogP contribution is -2.44.